The molecule has 0 saturated carbocycles. The third kappa shape index (κ3) is 5.32. The largest absolute Gasteiger partial charge is 0.338 e. The van der Waals surface area contributed by atoms with Gasteiger partial charge < -0.3 is 10.6 Å². The van der Waals surface area contributed by atoms with Crippen LogP contribution in [0, 0.1) is 0 Å². The van der Waals surface area contributed by atoms with Crippen molar-refractivity contribution in [1.29, 1.82) is 0 Å². The minimum Gasteiger partial charge on any atom is -0.338 e. The van der Waals surface area contributed by atoms with Crippen molar-refractivity contribution in [2.45, 2.75) is 12.2 Å². The highest BCUT2D eigenvalue weighted by Gasteiger charge is 2.07. The van der Waals surface area contributed by atoms with E-state index in [4.69, 9.17) is 0 Å². The molecular formula is C15H18N2O2S2. The first-order chi connectivity index (χ1) is 10.1. The van der Waals surface area contributed by atoms with Gasteiger partial charge in [0.05, 0.1) is 5.75 Å². The maximum absolute atomic E-state index is 11.9. The Labute approximate surface area is 131 Å². The summed E-state index contributed by atoms with van der Waals surface area (Å²) in [5, 5.41) is 7.67. The molecule has 2 aromatic rings. The molecule has 112 valence electrons. The summed E-state index contributed by atoms with van der Waals surface area (Å²) in [6.45, 7) is 0.591. The van der Waals surface area contributed by atoms with Gasteiger partial charge in [-0.15, -0.1) is 11.3 Å². The second-order valence-electron chi connectivity index (χ2n) is 4.58. The van der Waals surface area contributed by atoms with Gasteiger partial charge in [-0.1, -0.05) is 24.3 Å². The number of benzene rings is 1. The van der Waals surface area contributed by atoms with Gasteiger partial charge >= 0.3 is 6.03 Å². The van der Waals surface area contributed by atoms with E-state index in [0.717, 1.165) is 12.0 Å². The summed E-state index contributed by atoms with van der Waals surface area (Å²) in [6, 6.07) is 11.2. The van der Waals surface area contributed by atoms with Gasteiger partial charge in [-0.2, -0.15) is 0 Å². The Balaban J connectivity index is 1.86. The Morgan fingerprint density at radius 2 is 2.05 bits per heavy atom. The molecule has 2 amide bonds. The van der Waals surface area contributed by atoms with Gasteiger partial charge in [-0.05, 0) is 29.5 Å². The number of carbonyl (C=O) groups excluding carboxylic acids is 1. The quantitative estimate of drug-likeness (QED) is 0.859. The van der Waals surface area contributed by atoms with Gasteiger partial charge in [-0.25, -0.2) is 4.79 Å². The van der Waals surface area contributed by atoms with Crippen LogP contribution in [0.25, 0.3) is 0 Å². The van der Waals surface area contributed by atoms with E-state index < -0.39 is 10.8 Å². The summed E-state index contributed by atoms with van der Waals surface area (Å²) in [5.74, 6) is 0.436. The molecule has 1 atom stereocenters. The Kier molecular flexibility index (Phi) is 5.95. The molecule has 6 heteroatoms. The number of hydrogen-bond donors (Lipinski definition) is 2. The molecule has 1 heterocycles. The van der Waals surface area contributed by atoms with Crippen molar-refractivity contribution in [1.82, 2.24) is 5.32 Å². The molecule has 0 aliphatic rings. The van der Waals surface area contributed by atoms with Crippen molar-refractivity contribution in [3.63, 3.8) is 0 Å². The fraction of sp³-hybridized carbons (Fsp3) is 0.267. The highest BCUT2D eigenvalue weighted by molar-refractivity contribution is 7.83. The molecule has 0 spiro atoms. The van der Waals surface area contributed by atoms with E-state index in [1.165, 1.54) is 4.88 Å². The molecular weight excluding hydrogens is 304 g/mol. The zero-order chi connectivity index (χ0) is 15.1. The van der Waals surface area contributed by atoms with Crippen molar-refractivity contribution >= 4 is 33.9 Å². The summed E-state index contributed by atoms with van der Waals surface area (Å²) < 4.78 is 11.3. The van der Waals surface area contributed by atoms with Crippen LogP contribution in [-0.2, 0) is 23.0 Å². The molecule has 4 nitrogen and oxygen atoms in total. The topological polar surface area (TPSA) is 58.2 Å². The molecule has 0 bridgehead atoms. The van der Waals surface area contributed by atoms with Crippen molar-refractivity contribution in [2.75, 3.05) is 18.1 Å². The third-order valence-electron chi connectivity index (χ3n) is 2.86. The van der Waals surface area contributed by atoms with E-state index in [0.29, 0.717) is 18.0 Å². The van der Waals surface area contributed by atoms with E-state index in [9.17, 15) is 9.00 Å². The molecule has 1 unspecified atom stereocenters. The van der Waals surface area contributed by atoms with Gasteiger partial charge in [0.1, 0.15) is 0 Å². The number of anilines is 1. The lowest BCUT2D eigenvalue weighted by atomic mass is 10.2. The van der Waals surface area contributed by atoms with Gasteiger partial charge in [0.2, 0.25) is 0 Å². The van der Waals surface area contributed by atoms with Gasteiger partial charge in [0.25, 0.3) is 0 Å². The van der Waals surface area contributed by atoms with Gasteiger partial charge in [-0.3, -0.25) is 4.21 Å². The smallest absolute Gasteiger partial charge is 0.319 e. The number of rotatable bonds is 6. The van der Waals surface area contributed by atoms with Crippen LogP contribution in [0.2, 0.25) is 0 Å². The number of hydrogen-bond acceptors (Lipinski definition) is 3. The monoisotopic (exact) mass is 322 g/mol. The fourth-order valence-electron chi connectivity index (χ4n) is 1.91. The number of para-hydroxylation sites is 1. The second-order valence-corrected chi connectivity index (χ2v) is 7.05. The van der Waals surface area contributed by atoms with Crippen LogP contribution in [-0.4, -0.2) is 23.0 Å². The maximum Gasteiger partial charge on any atom is 0.319 e. The molecule has 21 heavy (non-hydrogen) atoms. The highest BCUT2D eigenvalue weighted by atomic mass is 32.2. The zero-order valence-corrected chi connectivity index (χ0v) is 13.4. The van der Waals surface area contributed by atoms with Crippen LogP contribution in [0.15, 0.2) is 41.8 Å². The lowest BCUT2D eigenvalue weighted by molar-refractivity contribution is 0.252. The maximum atomic E-state index is 11.9. The Bertz CT molecular complexity index is 612. The summed E-state index contributed by atoms with van der Waals surface area (Å²) in [7, 11) is -0.938. The molecule has 1 aromatic carbocycles. The van der Waals surface area contributed by atoms with Crippen molar-refractivity contribution in [3.05, 3.63) is 52.2 Å². The summed E-state index contributed by atoms with van der Waals surface area (Å²) in [6.07, 6.45) is 2.48. The number of carbonyl (C=O) groups is 1. The summed E-state index contributed by atoms with van der Waals surface area (Å²) in [4.78, 5) is 13.1. The van der Waals surface area contributed by atoms with Gasteiger partial charge in [0.15, 0.2) is 0 Å². The van der Waals surface area contributed by atoms with Crippen LogP contribution < -0.4 is 10.6 Å². The molecule has 0 aliphatic carbocycles. The predicted molar refractivity (Wildman–Crippen MR) is 89.3 cm³/mol. The minimum atomic E-state index is -0.938. The molecule has 2 rings (SSSR count). The zero-order valence-electron chi connectivity index (χ0n) is 11.8. The Hall–Kier alpha value is -1.66. The number of urea groups is 1. The molecule has 2 N–H and O–H groups in total. The Morgan fingerprint density at radius 1 is 1.24 bits per heavy atom. The standard InChI is InChI=1S/C15H18N2O2S2/c1-21(19)11-12-5-2-3-7-14(12)17-15(18)16-9-8-13-6-4-10-20-13/h2-7,10H,8-9,11H2,1H3,(H2,16,17,18). The van der Waals surface area contributed by atoms with Crippen LogP contribution in [0.4, 0.5) is 10.5 Å². The van der Waals surface area contributed by atoms with E-state index >= 15 is 0 Å². The molecule has 0 fully saturated rings. The van der Waals surface area contributed by atoms with Crippen molar-refractivity contribution in [2.24, 2.45) is 0 Å². The first-order valence-corrected chi connectivity index (χ1v) is 9.21. The number of amides is 2. The van der Waals surface area contributed by atoms with Crippen LogP contribution in [0.3, 0.4) is 0 Å². The van der Waals surface area contributed by atoms with E-state index in [-0.39, 0.29) is 6.03 Å². The molecule has 0 saturated heterocycles. The van der Waals surface area contributed by atoms with Crippen LogP contribution in [0.1, 0.15) is 10.4 Å². The first kappa shape index (κ1) is 15.7. The second kappa shape index (κ2) is 7.95. The average molecular weight is 322 g/mol. The molecule has 1 aromatic heterocycles. The predicted octanol–water partition coefficient (Wildman–Crippen LogP) is 2.99. The van der Waals surface area contributed by atoms with Crippen LogP contribution >= 0.6 is 11.3 Å². The molecule has 0 radical (unpaired) electrons. The summed E-state index contributed by atoms with van der Waals surface area (Å²) in [5.41, 5.74) is 1.59. The lowest BCUT2D eigenvalue weighted by Gasteiger charge is -2.11. The van der Waals surface area contributed by atoms with E-state index in [1.54, 1.807) is 17.6 Å². The normalized spacial score (nSPS) is 11.9. The van der Waals surface area contributed by atoms with E-state index in [1.807, 2.05) is 35.7 Å². The summed E-state index contributed by atoms with van der Waals surface area (Å²) >= 11 is 1.68. The fourth-order valence-corrected chi connectivity index (χ4v) is 3.31. The van der Waals surface area contributed by atoms with Gasteiger partial charge in [0, 0.05) is 34.2 Å². The number of thiophene rings is 1. The van der Waals surface area contributed by atoms with Crippen molar-refractivity contribution in [3.8, 4) is 0 Å². The lowest BCUT2D eigenvalue weighted by Crippen LogP contribution is -2.30. The Morgan fingerprint density at radius 3 is 2.76 bits per heavy atom. The number of nitrogens with one attached hydrogen (secondary N) is 2. The highest BCUT2D eigenvalue weighted by Crippen LogP contribution is 2.16. The average Bonchev–Trinajstić information content (AvgIpc) is 2.93. The van der Waals surface area contributed by atoms with Crippen LogP contribution in [0.5, 0.6) is 0 Å². The van der Waals surface area contributed by atoms with Crippen molar-refractivity contribution < 1.29 is 9.00 Å². The van der Waals surface area contributed by atoms with E-state index in [2.05, 4.69) is 16.7 Å². The molecule has 0 aliphatic heterocycles. The first-order valence-electron chi connectivity index (χ1n) is 6.60. The third-order valence-corrected chi connectivity index (χ3v) is 4.52. The SMILES string of the molecule is CS(=O)Cc1ccccc1NC(=O)NCCc1cccs1. The minimum absolute atomic E-state index is 0.235.